The highest BCUT2D eigenvalue weighted by Crippen LogP contribution is 2.32. The van der Waals surface area contributed by atoms with E-state index in [1.165, 1.54) is 12.1 Å². The molecule has 5 nitrogen and oxygen atoms in total. The summed E-state index contributed by atoms with van der Waals surface area (Å²) >= 11 is 0. The molecule has 28 heavy (non-hydrogen) atoms. The SMILES string of the molecule is CCCCCOc1cccc(C2NC(=O)c3oc4ccc(F)cc4c(=O)c32)c1. The van der Waals surface area contributed by atoms with Crippen molar-refractivity contribution in [1.82, 2.24) is 5.32 Å². The van der Waals surface area contributed by atoms with Crippen LogP contribution >= 0.6 is 0 Å². The van der Waals surface area contributed by atoms with E-state index in [9.17, 15) is 14.0 Å². The van der Waals surface area contributed by atoms with Crippen molar-refractivity contribution in [3.05, 3.63) is 75.4 Å². The Balaban J connectivity index is 1.72. The number of nitrogens with one attached hydrogen (secondary N) is 1. The number of rotatable bonds is 6. The summed E-state index contributed by atoms with van der Waals surface area (Å²) < 4.78 is 25.0. The first-order chi connectivity index (χ1) is 13.6. The molecule has 1 unspecified atom stereocenters. The van der Waals surface area contributed by atoms with Gasteiger partial charge in [-0.15, -0.1) is 0 Å². The summed E-state index contributed by atoms with van der Waals surface area (Å²) in [5.74, 6) is -0.343. The van der Waals surface area contributed by atoms with Crippen LogP contribution in [-0.2, 0) is 0 Å². The van der Waals surface area contributed by atoms with Gasteiger partial charge >= 0.3 is 0 Å². The topological polar surface area (TPSA) is 68.5 Å². The fourth-order valence-corrected chi connectivity index (χ4v) is 3.46. The predicted molar refractivity (Wildman–Crippen MR) is 103 cm³/mol. The maximum absolute atomic E-state index is 13.6. The van der Waals surface area contributed by atoms with Crippen molar-refractivity contribution in [3.8, 4) is 5.75 Å². The highest BCUT2D eigenvalue weighted by Gasteiger charge is 2.36. The van der Waals surface area contributed by atoms with Crippen LogP contribution in [0.5, 0.6) is 5.75 Å². The van der Waals surface area contributed by atoms with Gasteiger partial charge in [0.15, 0.2) is 5.43 Å². The van der Waals surface area contributed by atoms with Crippen molar-refractivity contribution < 1.29 is 18.3 Å². The molecule has 144 valence electrons. The molecule has 0 radical (unpaired) electrons. The van der Waals surface area contributed by atoms with Crippen LogP contribution in [0.3, 0.4) is 0 Å². The van der Waals surface area contributed by atoms with Crippen LogP contribution in [0.1, 0.15) is 53.9 Å². The van der Waals surface area contributed by atoms with E-state index in [4.69, 9.17) is 9.15 Å². The zero-order chi connectivity index (χ0) is 19.7. The second-order valence-corrected chi connectivity index (χ2v) is 6.85. The van der Waals surface area contributed by atoms with E-state index in [-0.39, 0.29) is 22.3 Å². The van der Waals surface area contributed by atoms with Crippen LogP contribution in [0.25, 0.3) is 11.0 Å². The van der Waals surface area contributed by atoms with Crippen molar-refractivity contribution in [2.75, 3.05) is 6.61 Å². The highest BCUT2D eigenvalue weighted by atomic mass is 19.1. The molecule has 0 saturated carbocycles. The average Bonchev–Trinajstić information content (AvgIpc) is 3.03. The molecule has 0 fully saturated rings. The molecular weight excluding hydrogens is 361 g/mol. The zero-order valence-corrected chi connectivity index (χ0v) is 15.5. The molecule has 3 aromatic rings. The van der Waals surface area contributed by atoms with Crippen LogP contribution in [0, 0.1) is 5.82 Å². The number of ether oxygens (including phenoxy) is 1. The number of carbonyl (C=O) groups is 1. The van der Waals surface area contributed by atoms with E-state index in [0.717, 1.165) is 25.3 Å². The Labute approximate surface area is 161 Å². The monoisotopic (exact) mass is 381 g/mol. The molecule has 0 aliphatic carbocycles. The van der Waals surface area contributed by atoms with Crippen LogP contribution in [-0.4, -0.2) is 12.5 Å². The number of fused-ring (bicyclic) bond motifs is 2. The first-order valence-corrected chi connectivity index (χ1v) is 9.38. The third kappa shape index (κ3) is 3.26. The van der Waals surface area contributed by atoms with Crippen molar-refractivity contribution in [3.63, 3.8) is 0 Å². The summed E-state index contributed by atoms with van der Waals surface area (Å²) in [6.45, 7) is 2.74. The molecule has 1 atom stereocenters. The summed E-state index contributed by atoms with van der Waals surface area (Å²) in [6, 6.07) is 10.3. The minimum Gasteiger partial charge on any atom is -0.494 e. The Hall–Kier alpha value is -3.15. The maximum Gasteiger partial charge on any atom is 0.288 e. The molecule has 1 aliphatic rings. The lowest BCUT2D eigenvalue weighted by atomic mass is 9.99. The third-order valence-electron chi connectivity index (χ3n) is 4.87. The molecule has 6 heteroatoms. The second kappa shape index (κ2) is 7.46. The Morgan fingerprint density at radius 3 is 2.82 bits per heavy atom. The van der Waals surface area contributed by atoms with E-state index >= 15 is 0 Å². The molecule has 2 heterocycles. The van der Waals surface area contributed by atoms with Gasteiger partial charge in [-0.3, -0.25) is 9.59 Å². The molecule has 1 aromatic heterocycles. The second-order valence-electron chi connectivity index (χ2n) is 6.85. The van der Waals surface area contributed by atoms with Crippen LogP contribution in [0.15, 0.2) is 51.7 Å². The van der Waals surface area contributed by atoms with E-state index < -0.39 is 23.2 Å². The average molecular weight is 381 g/mol. The standard InChI is InChI=1S/C22H20FNO4/c1-2-3-4-10-27-15-7-5-6-13(11-15)19-18-20(25)16-12-14(23)8-9-17(16)28-21(18)22(26)24-19/h5-9,11-12,19H,2-4,10H2,1H3,(H,24,26). The minimum absolute atomic E-state index is 0.0247. The number of amides is 1. The van der Waals surface area contributed by atoms with Crippen molar-refractivity contribution in [2.24, 2.45) is 0 Å². The maximum atomic E-state index is 13.6. The molecule has 2 aromatic carbocycles. The first kappa shape index (κ1) is 18.2. The number of hydrogen-bond donors (Lipinski definition) is 1. The molecular formula is C22H20FNO4. The van der Waals surface area contributed by atoms with Gasteiger partial charge < -0.3 is 14.5 Å². The van der Waals surface area contributed by atoms with Gasteiger partial charge in [-0.05, 0) is 42.3 Å². The van der Waals surface area contributed by atoms with Crippen LogP contribution in [0.4, 0.5) is 4.39 Å². The van der Waals surface area contributed by atoms with Crippen molar-refractivity contribution in [2.45, 2.75) is 32.2 Å². The van der Waals surface area contributed by atoms with Gasteiger partial charge in [0.25, 0.3) is 5.91 Å². The smallest absolute Gasteiger partial charge is 0.288 e. The van der Waals surface area contributed by atoms with Gasteiger partial charge in [0.05, 0.1) is 23.6 Å². The number of unbranched alkanes of at least 4 members (excludes halogenated alkanes) is 2. The number of hydrogen-bond acceptors (Lipinski definition) is 4. The molecule has 1 aliphatic heterocycles. The fraction of sp³-hybridized carbons (Fsp3) is 0.273. The fourth-order valence-electron chi connectivity index (χ4n) is 3.46. The Morgan fingerprint density at radius 1 is 1.14 bits per heavy atom. The molecule has 0 bridgehead atoms. The quantitative estimate of drug-likeness (QED) is 0.645. The van der Waals surface area contributed by atoms with E-state index in [2.05, 4.69) is 12.2 Å². The van der Waals surface area contributed by atoms with Gasteiger partial charge in [0.2, 0.25) is 5.76 Å². The third-order valence-corrected chi connectivity index (χ3v) is 4.87. The van der Waals surface area contributed by atoms with Gasteiger partial charge in [0, 0.05) is 0 Å². The molecule has 1 amide bonds. The van der Waals surface area contributed by atoms with Gasteiger partial charge in [-0.25, -0.2) is 4.39 Å². The number of carbonyl (C=O) groups excluding carboxylic acids is 1. The Morgan fingerprint density at radius 2 is 2.00 bits per heavy atom. The van der Waals surface area contributed by atoms with Gasteiger partial charge in [-0.1, -0.05) is 31.9 Å². The normalized spacial score (nSPS) is 15.5. The van der Waals surface area contributed by atoms with Gasteiger partial charge in [0.1, 0.15) is 17.1 Å². The summed E-state index contributed by atoms with van der Waals surface area (Å²) in [6.07, 6.45) is 3.17. The minimum atomic E-state index is -0.661. The largest absolute Gasteiger partial charge is 0.494 e. The van der Waals surface area contributed by atoms with E-state index in [1.54, 1.807) is 6.07 Å². The van der Waals surface area contributed by atoms with Crippen LogP contribution in [0.2, 0.25) is 0 Å². The summed E-state index contributed by atoms with van der Waals surface area (Å²) in [4.78, 5) is 25.4. The zero-order valence-electron chi connectivity index (χ0n) is 15.5. The van der Waals surface area contributed by atoms with Crippen molar-refractivity contribution in [1.29, 1.82) is 0 Å². The summed E-state index contributed by atoms with van der Waals surface area (Å²) in [7, 11) is 0. The van der Waals surface area contributed by atoms with Crippen LogP contribution < -0.4 is 15.5 Å². The lowest BCUT2D eigenvalue weighted by Crippen LogP contribution is -2.22. The van der Waals surface area contributed by atoms with E-state index in [0.29, 0.717) is 17.9 Å². The highest BCUT2D eigenvalue weighted by molar-refractivity contribution is 5.98. The molecule has 1 N–H and O–H groups in total. The summed E-state index contributed by atoms with van der Waals surface area (Å²) in [5, 5.41) is 2.91. The lowest BCUT2D eigenvalue weighted by molar-refractivity contribution is 0.0938. The number of halogens is 1. The predicted octanol–water partition coefficient (Wildman–Crippen LogP) is 4.33. The van der Waals surface area contributed by atoms with E-state index in [1.807, 2.05) is 18.2 Å². The summed E-state index contributed by atoms with van der Waals surface area (Å²) in [5.41, 5.74) is 0.691. The molecule has 4 rings (SSSR count). The lowest BCUT2D eigenvalue weighted by Gasteiger charge is -2.13. The first-order valence-electron chi connectivity index (χ1n) is 9.38. The molecule has 0 saturated heterocycles. The Kier molecular flexibility index (Phi) is 4.86. The molecule has 0 spiro atoms. The van der Waals surface area contributed by atoms with Crippen molar-refractivity contribution >= 4 is 16.9 Å². The number of benzene rings is 2. The van der Waals surface area contributed by atoms with Gasteiger partial charge in [-0.2, -0.15) is 0 Å². The Bertz CT molecular complexity index is 1110.